The van der Waals surface area contributed by atoms with Gasteiger partial charge in [0.2, 0.25) is 0 Å². The number of hydrogen-bond donors (Lipinski definition) is 3. The van der Waals surface area contributed by atoms with Gasteiger partial charge in [-0.15, -0.1) is 0 Å². The molecule has 0 radical (unpaired) electrons. The number of carbonyl (C=O) groups is 1. The second-order valence-corrected chi connectivity index (χ2v) is 8.45. The van der Waals surface area contributed by atoms with Gasteiger partial charge in [-0.05, 0) is 47.6 Å². The zero-order valence-corrected chi connectivity index (χ0v) is 19.4. The molecule has 5 N–H and O–H groups in total. The monoisotopic (exact) mass is 497 g/mol. The topological polar surface area (TPSA) is 123 Å². The van der Waals surface area contributed by atoms with E-state index in [-0.39, 0.29) is 13.1 Å². The number of allylic oxidation sites excluding steroid dienone is 1. The highest BCUT2D eigenvalue weighted by atomic mass is 19.4. The summed E-state index contributed by atoms with van der Waals surface area (Å²) in [6, 6.07) is 10.7. The molecule has 8 nitrogen and oxygen atoms in total. The van der Waals surface area contributed by atoms with E-state index >= 15 is 0 Å². The third-order valence-electron chi connectivity index (χ3n) is 5.89. The summed E-state index contributed by atoms with van der Waals surface area (Å²) in [5.41, 5.74) is 10.2. The normalized spacial score (nSPS) is 14.9. The maximum absolute atomic E-state index is 13.3. The van der Waals surface area contributed by atoms with Gasteiger partial charge in [0.15, 0.2) is 0 Å². The van der Waals surface area contributed by atoms with Crippen LogP contribution in [0.1, 0.15) is 24.0 Å². The molecule has 11 heteroatoms. The molecule has 188 valence electrons. The summed E-state index contributed by atoms with van der Waals surface area (Å²) in [5, 5.41) is 4.02. The van der Waals surface area contributed by atoms with Crippen LogP contribution in [-0.4, -0.2) is 41.4 Å². The molecule has 3 aromatic rings. The number of nitrogens with two attached hydrogens (primary N) is 2. The van der Waals surface area contributed by atoms with Crippen LogP contribution in [-0.2, 0) is 17.9 Å². The summed E-state index contributed by atoms with van der Waals surface area (Å²) in [5.74, 6) is 0.239. The Hall–Kier alpha value is -4.15. The average Bonchev–Trinajstić information content (AvgIpc) is 3.40. The van der Waals surface area contributed by atoms with Crippen molar-refractivity contribution in [2.45, 2.75) is 32.1 Å². The minimum Gasteiger partial charge on any atom is -0.394 e. The van der Waals surface area contributed by atoms with Crippen LogP contribution >= 0.6 is 0 Å². The molecule has 1 aromatic carbocycles. The molecule has 1 saturated heterocycles. The van der Waals surface area contributed by atoms with Gasteiger partial charge in [-0.2, -0.15) is 13.2 Å². The molecule has 0 unspecified atom stereocenters. The van der Waals surface area contributed by atoms with Gasteiger partial charge in [-0.1, -0.05) is 18.2 Å². The number of fused-ring (bicyclic) bond motifs is 1. The number of hydrogen-bond acceptors (Lipinski definition) is 7. The second kappa shape index (κ2) is 10.6. The first kappa shape index (κ1) is 25.0. The molecular weight excluding hydrogens is 471 g/mol. The number of benzene rings is 1. The summed E-state index contributed by atoms with van der Waals surface area (Å²) < 4.78 is 40.0. The van der Waals surface area contributed by atoms with Crippen molar-refractivity contribution in [2.75, 3.05) is 23.7 Å². The number of nitrogens with one attached hydrogen (secondary N) is 1. The summed E-state index contributed by atoms with van der Waals surface area (Å²) in [4.78, 5) is 27.3. The predicted octanol–water partition coefficient (Wildman–Crippen LogP) is 3.47. The Morgan fingerprint density at radius 1 is 1.11 bits per heavy atom. The van der Waals surface area contributed by atoms with Crippen molar-refractivity contribution in [2.24, 2.45) is 10.7 Å². The van der Waals surface area contributed by atoms with Crippen LogP contribution in [0.3, 0.4) is 0 Å². The number of aromatic nitrogens is 2. The molecule has 3 heterocycles. The molecule has 1 aliphatic rings. The SMILES string of the molecule is NC(=C(C=NCc1ccc(N2CCCC2)nc1)C(=O)NCc1ccc2c(N)nccc2c1)C(F)(F)F. The Kier molecular flexibility index (Phi) is 7.37. The van der Waals surface area contributed by atoms with Gasteiger partial charge in [0.05, 0.1) is 12.1 Å². The number of halogens is 3. The van der Waals surface area contributed by atoms with Gasteiger partial charge in [0.25, 0.3) is 5.91 Å². The van der Waals surface area contributed by atoms with Gasteiger partial charge >= 0.3 is 6.18 Å². The first-order valence-corrected chi connectivity index (χ1v) is 11.4. The fraction of sp³-hybridized carbons (Fsp3) is 0.280. The number of rotatable bonds is 7. The lowest BCUT2D eigenvalue weighted by atomic mass is 10.1. The lowest BCUT2D eigenvalue weighted by Crippen LogP contribution is -2.31. The number of carbonyl (C=O) groups excluding carboxylic acids is 1. The quantitative estimate of drug-likeness (QED) is 0.339. The largest absolute Gasteiger partial charge is 0.431 e. The van der Waals surface area contributed by atoms with Crippen LogP contribution in [0.25, 0.3) is 10.8 Å². The molecule has 0 spiro atoms. The lowest BCUT2D eigenvalue weighted by molar-refractivity contribution is -0.119. The molecule has 36 heavy (non-hydrogen) atoms. The number of aliphatic imine (C=N–C) groups is 1. The van der Waals surface area contributed by atoms with E-state index in [2.05, 4.69) is 25.2 Å². The van der Waals surface area contributed by atoms with E-state index < -0.39 is 23.4 Å². The molecule has 4 rings (SSSR count). The molecule has 0 bridgehead atoms. The van der Waals surface area contributed by atoms with E-state index in [0.717, 1.165) is 48.7 Å². The van der Waals surface area contributed by atoms with Gasteiger partial charge in [-0.3, -0.25) is 9.79 Å². The van der Waals surface area contributed by atoms with Gasteiger partial charge in [-0.25, -0.2) is 9.97 Å². The maximum atomic E-state index is 13.3. The van der Waals surface area contributed by atoms with E-state index in [0.29, 0.717) is 16.9 Å². The fourth-order valence-corrected chi connectivity index (χ4v) is 3.93. The van der Waals surface area contributed by atoms with Crippen molar-refractivity contribution in [1.29, 1.82) is 0 Å². The Morgan fingerprint density at radius 2 is 1.86 bits per heavy atom. The highest BCUT2D eigenvalue weighted by molar-refractivity contribution is 6.12. The summed E-state index contributed by atoms with van der Waals surface area (Å²) in [6.45, 7) is 1.95. The molecule has 0 atom stereocenters. The second-order valence-electron chi connectivity index (χ2n) is 8.45. The zero-order chi connectivity index (χ0) is 25.7. The Bertz CT molecular complexity index is 1300. The van der Waals surface area contributed by atoms with Crippen LogP contribution in [0.5, 0.6) is 0 Å². The first-order chi connectivity index (χ1) is 17.2. The summed E-state index contributed by atoms with van der Waals surface area (Å²) in [7, 11) is 0. The van der Waals surface area contributed by atoms with Gasteiger partial charge in [0, 0.05) is 43.6 Å². The van der Waals surface area contributed by atoms with Crippen molar-refractivity contribution in [3.05, 3.63) is 71.2 Å². The smallest absolute Gasteiger partial charge is 0.394 e. The van der Waals surface area contributed by atoms with Crippen molar-refractivity contribution in [3.8, 4) is 0 Å². The zero-order valence-electron chi connectivity index (χ0n) is 19.4. The van der Waals surface area contributed by atoms with E-state index in [1.54, 1.807) is 36.7 Å². The highest BCUT2D eigenvalue weighted by Crippen LogP contribution is 2.24. The summed E-state index contributed by atoms with van der Waals surface area (Å²) >= 11 is 0. The third kappa shape index (κ3) is 5.91. The molecular formula is C25H26F3N7O. The van der Waals surface area contributed by atoms with E-state index in [1.165, 1.54) is 0 Å². The predicted molar refractivity (Wildman–Crippen MR) is 133 cm³/mol. The van der Waals surface area contributed by atoms with Crippen molar-refractivity contribution in [1.82, 2.24) is 15.3 Å². The third-order valence-corrected chi connectivity index (χ3v) is 5.89. The first-order valence-electron chi connectivity index (χ1n) is 11.4. The molecule has 0 saturated carbocycles. The van der Waals surface area contributed by atoms with Crippen LogP contribution < -0.4 is 21.7 Å². The molecule has 1 amide bonds. The number of nitrogen functional groups attached to an aromatic ring is 1. The van der Waals surface area contributed by atoms with Crippen LogP contribution in [0.4, 0.5) is 24.8 Å². The number of pyridine rings is 2. The Morgan fingerprint density at radius 3 is 2.56 bits per heavy atom. The van der Waals surface area contributed by atoms with Gasteiger partial charge in [0.1, 0.15) is 17.3 Å². The van der Waals surface area contributed by atoms with Crippen molar-refractivity contribution >= 4 is 34.5 Å². The molecule has 1 aliphatic heterocycles. The van der Waals surface area contributed by atoms with Crippen molar-refractivity contribution < 1.29 is 18.0 Å². The Balaban J connectivity index is 1.45. The highest BCUT2D eigenvalue weighted by Gasteiger charge is 2.35. The maximum Gasteiger partial charge on any atom is 0.431 e. The Labute approximate surface area is 205 Å². The molecule has 0 aliphatic carbocycles. The summed E-state index contributed by atoms with van der Waals surface area (Å²) in [6.07, 6.45) is 1.40. The van der Waals surface area contributed by atoms with E-state index in [9.17, 15) is 18.0 Å². The standard InChI is InChI=1S/C25H26F3N7O/c26-25(27,28)22(29)20(15-31-12-17-4-6-21(33-14-17)35-9-1-2-10-35)24(36)34-13-16-3-5-19-18(11-16)7-8-32-23(19)30/h3-8,11,14-15H,1-2,9-10,12-13,29H2,(H2,30,32)(H,34,36). The lowest BCUT2D eigenvalue weighted by Gasteiger charge is -2.16. The number of nitrogens with zero attached hydrogens (tertiary/aromatic N) is 4. The van der Waals surface area contributed by atoms with Crippen molar-refractivity contribution in [3.63, 3.8) is 0 Å². The van der Waals surface area contributed by atoms with E-state index in [1.807, 2.05) is 12.1 Å². The number of anilines is 2. The van der Waals surface area contributed by atoms with E-state index in [4.69, 9.17) is 11.5 Å². The molecule has 1 fully saturated rings. The number of amides is 1. The van der Waals surface area contributed by atoms with Gasteiger partial charge < -0.3 is 21.7 Å². The minimum atomic E-state index is -4.88. The van der Waals surface area contributed by atoms with Crippen LogP contribution in [0.15, 0.2) is 65.1 Å². The minimum absolute atomic E-state index is 0.0125. The number of alkyl halides is 3. The fourth-order valence-electron chi connectivity index (χ4n) is 3.93. The molecule has 2 aromatic heterocycles. The van der Waals surface area contributed by atoms with Crippen LogP contribution in [0, 0.1) is 0 Å². The van der Waals surface area contributed by atoms with Crippen LogP contribution in [0.2, 0.25) is 0 Å². The average molecular weight is 498 g/mol.